The predicted octanol–water partition coefficient (Wildman–Crippen LogP) is 2.13. The van der Waals surface area contributed by atoms with Crippen molar-refractivity contribution >= 4 is 18.5 Å². The van der Waals surface area contributed by atoms with Crippen LogP contribution in [0.15, 0.2) is 29.2 Å². The molecule has 0 fully saturated rings. The smallest absolute Gasteiger partial charge is 0.251 e. The summed E-state index contributed by atoms with van der Waals surface area (Å²) in [7, 11) is 1.61. The standard InChI is InChI=1S/C12H17NO2S/c1-12(2,8-15-3)13-11(14)9-5-4-6-10(16)7-9/h4-7,16H,8H2,1-3H3,(H,13,14). The zero-order chi connectivity index (χ0) is 12.2. The largest absolute Gasteiger partial charge is 0.382 e. The maximum Gasteiger partial charge on any atom is 0.251 e. The first-order valence-corrected chi connectivity index (χ1v) is 5.50. The molecule has 0 radical (unpaired) electrons. The molecule has 1 rings (SSSR count). The second-order valence-corrected chi connectivity index (χ2v) is 4.84. The van der Waals surface area contributed by atoms with E-state index in [0.717, 1.165) is 4.90 Å². The summed E-state index contributed by atoms with van der Waals surface area (Å²) < 4.78 is 5.04. The molecule has 0 aromatic heterocycles. The van der Waals surface area contributed by atoms with Gasteiger partial charge >= 0.3 is 0 Å². The average Bonchev–Trinajstić information content (AvgIpc) is 2.16. The van der Waals surface area contributed by atoms with E-state index >= 15 is 0 Å². The lowest BCUT2D eigenvalue weighted by molar-refractivity contribution is 0.0820. The van der Waals surface area contributed by atoms with Crippen molar-refractivity contribution in [3.8, 4) is 0 Å². The highest BCUT2D eigenvalue weighted by Crippen LogP contribution is 2.10. The van der Waals surface area contributed by atoms with Gasteiger partial charge < -0.3 is 10.1 Å². The van der Waals surface area contributed by atoms with Crippen LogP contribution in [0.5, 0.6) is 0 Å². The topological polar surface area (TPSA) is 38.3 Å². The second kappa shape index (κ2) is 5.37. The van der Waals surface area contributed by atoms with Crippen molar-refractivity contribution in [2.45, 2.75) is 24.3 Å². The Balaban J connectivity index is 2.72. The Bertz CT molecular complexity index is 377. The Morgan fingerprint density at radius 3 is 2.75 bits per heavy atom. The molecule has 0 saturated heterocycles. The fraction of sp³-hybridized carbons (Fsp3) is 0.417. The molecule has 0 atom stereocenters. The van der Waals surface area contributed by atoms with Crippen molar-refractivity contribution in [1.29, 1.82) is 0 Å². The fourth-order valence-electron chi connectivity index (χ4n) is 1.42. The molecule has 0 bridgehead atoms. The van der Waals surface area contributed by atoms with E-state index in [0.29, 0.717) is 12.2 Å². The van der Waals surface area contributed by atoms with Crippen LogP contribution in [0.3, 0.4) is 0 Å². The predicted molar refractivity (Wildman–Crippen MR) is 67.1 cm³/mol. The van der Waals surface area contributed by atoms with Crippen LogP contribution in [0.4, 0.5) is 0 Å². The van der Waals surface area contributed by atoms with E-state index in [9.17, 15) is 4.79 Å². The van der Waals surface area contributed by atoms with Crippen molar-refractivity contribution in [3.05, 3.63) is 29.8 Å². The third-order valence-corrected chi connectivity index (χ3v) is 2.34. The third-order valence-electron chi connectivity index (χ3n) is 2.07. The molecular weight excluding hydrogens is 222 g/mol. The summed E-state index contributed by atoms with van der Waals surface area (Å²) in [5.74, 6) is -0.113. The minimum atomic E-state index is -0.377. The van der Waals surface area contributed by atoms with Gasteiger partial charge in [-0.3, -0.25) is 4.79 Å². The number of methoxy groups -OCH3 is 1. The zero-order valence-electron chi connectivity index (χ0n) is 9.78. The van der Waals surface area contributed by atoms with Crippen molar-refractivity contribution in [3.63, 3.8) is 0 Å². The Morgan fingerprint density at radius 1 is 1.50 bits per heavy atom. The summed E-state index contributed by atoms with van der Waals surface area (Å²) in [4.78, 5) is 12.7. The van der Waals surface area contributed by atoms with Crippen LogP contribution < -0.4 is 5.32 Å². The van der Waals surface area contributed by atoms with E-state index in [2.05, 4.69) is 17.9 Å². The number of rotatable bonds is 4. The van der Waals surface area contributed by atoms with E-state index in [1.165, 1.54) is 0 Å². The number of carbonyl (C=O) groups excluding carboxylic acids is 1. The molecule has 4 heteroatoms. The van der Waals surface area contributed by atoms with Gasteiger partial charge in [0.25, 0.3) is 5.91 Å². The Hall–Kier alpha value is -1.00. The number of hydrogen-bond acceptors (Lipinski definition) is 3. The van der Waals surface area contributed by atoms with Gasteiger partial charge in [-0.15, -0.1) is 12.6 Å². The number of ether oxygens (including phenoxy) is 1. The maximum atomic E-state index is 11.9. The Labute approximate surface area is 102 Å². The third kappa shape index (κ3) is 3.87. The fourth-order valence-corrected chi connectivity index (χ4v) is 1.65. The first-order valence-electron chi connectivity index (χ1n) is 5.05. The van der Waals surface area contributed by atoms with Gasteiger partial charge in [0.2, 0.25) is 0 Å². The molecule has 1 aromatic carbocycles. The molecule has 0 saturated carbocycles. The highest BCUT2D eigenvalue weighted by atomic mass is 32.1. The van der Waals surface area contributed by atoms with Gasteiger partial charge in [-0.25, -0.2) is 0 Å². The minimum Gasteiger partial charge on any atom is -0.382 e. The lowest BCUT2D eigenvalue weighted by Gasteiger charge is -2.25. The number of hydrogen-bond donors (Lipinski definition) is 2. The molecule has 88 valence electrons. The number of nitrogens with one attached hydrogen (secondary N) is 1. The lowest BCUT2D eigenvalue weighted by Crippen LogP contribution is -2.46. The molecule has 0 heterocycles. The van der Waals surface area contributed by atoms with Gasteiger partial charge in [-0.2, -0.15) is 0 Å². The van der Waals surface area contributed by atoms with Crippen LogP contribution in [-0.4, -0.2) is 25.2 Å². The molecule has 0 aliphatic carbocycles. The summed E-state index contributed by atoms with van der Waals surface area (Å²) in [6, 6.07) is 7.14. The summed E-state index contributed by atoms with van der Waals surface area (Å²) in [5.41, 5.74) is 0.231. The van der Waals surface area contributed by atoms with Crippen molar-refractivity contribution in [1.82, 2.24) is 5.32 Å². The molecule has 0 aliphatic heterocycles. The SMILES string of the molecule is COCC(C)(C)NC(=O)c1cccc(S)c1. The van der Waals surface area contributed by atoms with Gasteiger partial charge in [0.1, 0.15) is 0 Å². The average molecular weight is 239 g/mol. The van der Waals surface area contributed by atoms with Crippen molar-refractivity contribution in [2.24, 2.45) is 0 Å². The Kier molecular flexibility index (Phi) is 4.38. The molecule has 0 aliphatic rings. The van der Waals surface area contributed by atoms with Crippen LogP contribution in [0.25, 0.3) is 0 Å². The van der Waals surface area contributed by atoms with Gasteiger partial charge in [0.15, 0.2) is 0 Å². The van der Waals surface area contributed by atoms with Gasteiger partial charge in [0, 0.05) is 17.6 Å². The first-order chi connectivity index (χ1) is 7.44. The van der Waals surface area contributed by atoms with Crippen LogP contribution in [-0.2, 0) is 4.74 Å². The molecule has 1 aromatic rings. The molecule has 0 unspecified atom stereocenters. The van der Waals surface area contributed by atoms with E-state index in [1.54, 1.807) is 25.3 Å². The molecule has 3 nitrogen and oxygen atoms in total. The number of amides is 1. The summed E-state index contributed by atoms with van der Waals surface area (Å²) in [6.45, 7) is 4.30. The first kappa shape index (κ1) is 13.1. The van der Waals surface area contributed by atoms with Crippen LogP contribution >= 0.6 is 12.6 Å². The Morgan fingerprint density at radius 2 is 2.19 bits per heavy atom. The number of thiol groups is 1. The molecular formula is C12H17NO2S. The normalized spacial score (nSPS) is 11.2. The van der Waals surface area contributed by atoms with Gasteiger partial charge in [-0.1, -0.05) is 6.07 Å². The second-order valence-electron chi connectivity index (χ2n) is 4.32. The summed E-state index contributed by atoms with van der Waals surface area (Å²) >= 11 is 4.20. The quantitative estimate of drug-likeness (QED) is 0.790. The minimum absolute atomic E-state index is 0.113. The van der Waals surface area contributed by atoms with Crippen molar-refractivity contribution in [2.75, 3.05) is 13.7 Å². The van der Waals surface area contributed by atoms with E-state index in [1.807, 2.05) is 19.9 Å². The molecule has 1 N–H and O–H groups in total. The highest BCUT2D eigenvalue weighted by molar-refractivity contribution is 7.80. The zero-order valence-corrected chi connectivity index (χ0v) is 10.7. The number of benzene rings is 1. The monoisotopic (exact) mass is 239 g/mol. The van der Waals surface area contributed by atoms with Gasteiger partial charge in [0.05, 0.1) is 12.1 Å². The molecule has 0 spiro atoms. The van der Waals surface area contributed by atoms with Crippen LogP contribution in [0.2, 0.25) is 0 Å². The molecule has 1 amide bonds. The van der Waals surface area contributed by atoms with Crippen molar-refractivity contribution < 1.29 is 9.53 Å². The van der Waals surface area contributed by atoms with E-state index in [4.69, 9.17) is 4.74 Å². The lowest BCUT2D eigenvalue weighted by atomic mass is 10.1. The maximum absolute atomic E-state index is 11.9. The highest BCUT2D eigenvalue weighted by Gasteiger charge is 2.20. The van der Waals surface area contributed by atoms with Crippen LogP contribution in [0.1, 0.15) is 24.2 Å². The summed E-state index contributed by atoms with van der Waals surface area (Å²) in [6.07, 6.45) is 0. The number of carbonyl (C=O) groups is 1. The molecule has 16 heavy (non-hydrogen) atoms. The summed E-state index contributed by atoms with van der Waals surface area (Å²) in [5, 5.41) is 2.90. The van der Waals surface area contributed by atoms with E-state index < -0.39 is 0 Å². The van der Waals surface area contributed by atoms with Crippen LogP contribution in [0, 0.1) is 0 Å². The van der Waals surface area contributed by atoms with Gasteiger partial charge in [-0.05, 0) is 32.0 Å². The van der Waals surface area contributed by atoms with E-state index in [-0.39, 0.29) is 11.4 Å².